The fourth-order valence-corrected chi connectivity index (χ4v) is 1.60. The van der Waals surface area contributed by atoms with Gasteiger partial charge in [0.15, 0.2) is 0 Å². The van der Waals surface area contributed by atoms with Crippen LogP contribution >= 0.6 is 23.7 Å². The van der Waals surface area contributed by atoms with E-state index >= 15 is 0 Å². The molecule has 0 bridgehead atoms. The van der Waals surface area contributed by atoms with Crippen LogP contribution in [-0.4, -0.2) is 13.0 Å². The van der Waals surface area contributed by atoms with Crippen molar-refractivity contribution in [3.8, 4) is 0 Å². The van der Waals surface area contributed by atoms with Crippen molar-refractivity contribution in [3.05, 3.63) is 16.3 Å². The molecule has 0 aliphatic rings. The summed E-state index contributed by atoms with van der Waals surface area (Å²) in [6.45, 7) is -0.778. The summed E-state index contributed by atoms with van der Waals surface area (Å²) in [7, 11) is 0. The first-order chi connectivity index (χ1) is 6.41. The molecule has 1 rings (SSSR count). The predicted octanol–water partition coefficient (Wildman–Crippen LogP) is 3.87. The van der Waals surface area contributed by atoms with Crippen LogP contribution in [0.1, 0.15) is 4.88 Å². The number of alkyl halides is 5. The minimum Gasteiger partial charge on any atom is -0.378 e. The Bertz CT molecular complexity index is 298. The molecule has 15 heavy (non-hydrogen) atoms. The fourth-order valence-electron chi connectivity index (χ4n) is 0.855. The maximum Gasteiger partial charge on any atom is 0.427 e. The summed E-state index contributed by atoms with van der Waals surface area (Å²) < 4.78 is 60.0. The van der Waals surface area contributed by atoms with Gasteiger partial charge in [-0.05, 0) is 11.4 Å². The monoisotopic (exact) mass is 267 g/mol. The SMILES string of the molecule is Cl.FC(F)CNc1ccsc1C(F)(F)F. The zero-order valence-corrected chi connectivity index (χ0v) is 8.78. The molecule has 0 aliphatic heterocycles. The van der Waals surface area contributed by atoms with E-state index in [1.807, 2.05) is 5.32 Å². The molecule has 0 atom stereocenters. The smallest absolute Gasteiger partial charge is 0.378 e. The Morgan fingerprint density at radius 3 is 2.40 bits per heavy atom. The van der Waals surface area contributed by atoms with E-state index in [9.17, 15) is 22.0 Å². The highest BCUT2D eigenvalue weighted by Gasteiger charge is 2.35. The third-order valence-electron chi connectivity index (χ3n) is 1.37. The van der Waals surface area contributed by atoms with E-state index in [0.29, 0.717) is 11.3 Å². The fraction of sp³-hybridized carbons (Fsp3) is 0.429. The van der Waals surface area contributed by atoms with Gasteiger partial charge < -0.3 is 5.32 Å². The molecule has 0 spiro atoms. The van der Waals surface area contributed by atoms with Gasteiger partial charge in [-0.1, -0.05) is 0 Å². The molecule has 0 amide bonds. The van der Waals surface area contributed by atoms with Gasteiger partial charge >= 0.3 is 6.18 Å². The van der Waals surface area contributed by atoms with Gasteiger partial charge in [0.05, 0.1) is 12.2 Å². The quantitative estimate of drug-likeness (QED) is 0.820. The molecule has 1 heterocycles. The lowest BCUT2D eigenvalue weighted by atomic mass is 10.4. The summed E-state index contributed by atoms with van der Waals surface area (Å²) in [6.07, 6.45) is -7.16. The lowest BCUT2D eigenvalue weighted by molar-refractivity contribution is -0.133. The average molecular weight is 268 g/mol. The first-order valence-corrected chi connectivity index (χ1v) is 4.46. The van der Waals surface area contributed by atoms with Crippen LogP contribution in [0.2, 0.25) is 0 Å². The second kappa shape index (κ2) is 5.50. The van der Waals surface area contributed by atoms with E-state index in [1.165, 1.54) is 5.38 Å². The topological polar surface area (TPSA) is 12.0 Å². The largest absolute Gasteiger partial charge is 0.427 e. The number of thiophene rings is 1. The van der Waals surface area contributed by atoms with Gasteiger partial charge in [-0.3, -0.25) is 0 Å². The van der Waals surface area contributed by atoms with Crippen molar-refractivity contribution >= 4 is 29.4 Å². The third kappa shape index (κ3) is 4.21. The van der Waals surface area contributed by atoms with Crippen LogP contribution in [0.4, 0.5) is 27.6 Å². The molecule has 1 nitrogen and oxygen atoms in total. The molecule has 8 heteroatoms. The Morgan fingerprint density at radius 2 is 1.93 bits per heavy atom. The Balaban J connectivity index is 0.00000196. The van der Waals surface area contributed by atoms with Gasteiger partial charge in [0.2, 0.25) is 0 Å². The molecule has 0 unspecified atom stereocenters. The Labute approximate surface area is 92.7 Å². The molecule has 0 aliphatic carbocycles. The summed E-state index contributed by atoms with van der Waals surface area (Å²) in [6, 6.07) is 1.13. The van der Waals surface area contributed by atoms with Crippen molar-refractivity contribution in [2.45, 2.75) is 12.6 Å². The normalized spacial score (nSPS) is 11.3. The van der Waals surface area contributed by atoms with Crippen LogP contribution in [0.25, 0.3) is 0 Å². The van der Waals surface area contributed by atoms with E-state index in [4.69, 9.17) is 0 Å². The highest BCUT2D eigenvalue weighted by molar-refractivity contribution is 7.10. The first kappa shape index (κ1) is 14.4. The molecule has 0 aromatic carbocycles. The van der Waals surface area contributed by atoms with Crippen LogP contribution in [-0.2, 0) is 6.18 Å². The van der Waals surface area contributed by atoms with E-state index in [-0.39, 0.29) is 18.1 Å². The van der Waals surface area contributed by atoms with Crippen molar-refractivity contribution in [1.82, 2.24) is 0 Å². The van der Waals surface area contributed by atoms with Crippen molar-refractivity contribution in [2.75, 3.05) is 11.9 Å². The third-order valence-corrected chi connectivity index (χ3v) is 2.33. The highest BCUT2D eigenvalue weighted by atomic mass is 35.5. The molecular formula is C7H7ClF5NS. The van der Waals surface area contributed by atoms with Crippen LogP contribution in [0.15, 0.2) is 11.4 Å². The number of nitrogens with one attached hydrogen (secondary N) is 1. The minimum absolute atomic E-state index is 0. The molecule has 1 aromatic rings. The van der Waals surface area contributed by atoms with E-state index in [2.05, 4.69) is 0 Å². The molecule has 0 saturated heterocycles. The standard InChI is InChI=1S/C7H6F5NS.ClH/c8-5(9)3-13-4-1-2-14-6(4)7(10,11)12;/h1-2,5,13H,3H2;1H. The van der Waals surface area contributed by atoms with Crippen LogP contribution in [0.5, 0.6) is 0 Å². The summed E-state index contributed by atoms with van der Waals surface area (Å²) in [5.74, 6) is 0. The lowest BCUT2D eigenvalue weighted by Crippen LogP contribution is -2.13. The van der Waals surface area contributed by atoms with Crippen LogP contribution < -0.4 is 5.32 Å². The first-order valence-electron chi connectivity index (χ1n) is 3.58. The number of hydrogen-bond donors (Lipinski definition) is 1. The van der Waals surface area contributed by atoms with Gasteiger partial charge in [-0.2, -0.15) is 13.2 Å². The molecule has 0 radical (unpaired) electrons. The zero-order valence-electron chi connectivity index (χ0n) is 7.15. The van der Waals surface area contributed by atoms with Crippen molar-refractivity contribution in [3.63, 3.8) is 0 Å². The van der Waals surface area contributed by atoms with E-state index < -0.39 is 24.0 Å². The Morgan fingerprint density at radius 1 is 1.33 bits per heavy atom. The summed E-state index contributed by atoms with van der Waals surface area (Å²) >= 11 is 0.476. The average Bonchev–Trinajstić information content (AvgIpc) is 2.46. The van der Waals surface area contributed by atoms with Crippen LogP contribution in [0.3, 0.4) is 0 Å². The van der Waals surface area contributed by atoms with Gasteiger partial charge in [0.1, 0.15) is 4.88 Å². The number of hydrogen-bond acceptors (Lipinski definition) is 2. The number of rotatable bonds is 3. The van der Waals surface area contributed by atoms with Crippen molar-refractivity contribution < 1.29 is 22.0 Å². The second-order valence-corrected chi connectivity index (χ2v) is 3.35. The maximum atomic E-state index is 12.2. The Hall–Kier alpha value is -0.560. The van der Waals surface area contributed by atoms with Gasteiger partial charge in [-0.25, -0.2) is 8.78 Å². The van der Waals surface area contributed by atoms with E-state index in [0.717, 1.165) is 6.07 Å². The van der Waals surface area contributed by atoms with Crippen molar-refractivity contribution in [2.24, 2.45) is 0 Å². The second-order valence-electron chi connectivity index (χ2n) is 2.43. The van der Waals surface area contributed by atoms with Gasteiger partial charge in [0, 0.05) is 0 Å². The molecule has 88 valence electrons. The van der Waals surface area contributed by atoms with E-state index in [1.54, 1.807) is 0 Å². The number of anilines is 1. The summed E-state index contributed by atoms with van der Waals surface area (Å²) in [5, 5.41) is 3.24. The lowest BCUT2D eigenvalue weighted by Gasteiger charge is -2.09. The van der Waals surface area contributed by atoms with Gasteiger partial charge in [0.25, 0.3) is 6.43 Å². The van der Waals surface area contributed by atoms with Gasteiger partial charge in [-0.15, -0.1) is 23.7 Å². The molecule has 0 saturated carbocycles. The highest BCUT2D eigenvalue weighted by Crippen LogP contribution is 2.38. The Kier molecular flexibility index (Phi) is 5.30. The number of halogens is 6. The van der Waals surface area contributed by atoms with Crippen LogP contribution in [0, 0.1) is 0 Å². The molecular weight excluding hydrogens is 261 g/mol. The minimum atomic E-state index is -4.49. The molecule has 1 aromatic heterocycles. The van der Waals surface area contributed by atoms with Crippen molar-refractivity contribution in [1.29, 1.82) is 0 Å². The zero-order chi connectivity index (χ0) is 10.8. The maximum absolute atomic E-state index is 12.2. The summed E-state index contributed by atoms with van der Waals surface area (Å²) in [4.78, 5) is -0.877. The molecule has 1 N–H and O–H groups in total. The molecule has 0 fully saturated rings. The summed E-state index contributed by atoms with van der Waals surface area (Å²) in [5.41, 5.74) is -0.289. The predicted molar refractivity (Wildman–Crippen MR) is 51.1 cm³/mol.